The number of benzene rings is 1. The Hall–Kier alpha value is -1.00. The quantitative estimate of drug-likeness (QED) is 0.651. The SMILES string of the molecule is Cc1cc(C(NN)C2CC3CCC2C3)c(F)cc1F. The first-order chi connectivity index (χ1) is 9.10. The van der Waals surface area contributed by atoms with Crippen LogP contribution in [0.15, 0.2) is 12.1 Å². The zero-order chi connectivity index (χ0) is 13.6. The van der Waals surface area contributed by atoms with Gasteiger partial charge in [-0.25, -0.2) is 8.78 Å². The second kappa shape index (κ2) is 4.84. The van der Waals surface area contributed by atoms with Gasteiger partial charge in [-0.2, -0.15) is 0 Å². The van der Waals surface area contributed by atoms with Gasteiger partial charge in [-0.1, -0.05) is 6.42 Å². The van der Waals surface area contributed by atoms with Crippen molar-refractivity contribution in [3.05, 3.63) is 34.9 Å². The normalized spacial score (nSPS) is 30.8. The van der Waals surface area contributed by atoms with Crippen molar-refractivity contribution in [2.45, 2.75) is 38.6 Å². The lowest BCUT2D eigenvalue weighted by atomic mass is 9.80. The van der Waals surface area contributed by atoms with Gasteiger partial charge in [-0.05, 0) is 55.6 Å². The van der Waals surface area contributed by atoms with Gasteiger partial charge in [0.2, 0.25) is 0 Å². The fourth-order valence-electron chi connectivity index (χ4n) is 4.06. The maximum atomic E-state index is 14.0. The van der Waals surface area contributed by atoms with Gasteiger partial charge in [0.05, 0.1) is 6.04 Å². The number of hydrazine groups is 1. The van der Waals surface area contributed by atoms with Crippen LogP contribution in [-0.2, 0) is 0 Å². The molecule has 4 heteroatoms. The van der Waals surface area contributed by atoms with Crippen LogP contribution >= 0.6 is 0 Å². The van der Waals surface area contributed by atoms with E-state index in [1.807, 2.05) is 0 Å². The van der Waals surface area contributed by atoms with Gasteiger partial charge >= 0.3 is 0 Å². The fraction of sp³-hybridized carbons (Fsp3) is 0.600. The number of fused-ring (bicyclic) bond motifs is 2. The molecule has 0 saturated heterocycles. The smallest absolute Gasteiger partial charge is 0.130 e. The van der Waals surface area contributed by atoms with E-state index in [1.54, 1.807) is 13.0 Å². The number of rotatable bonds is 3. The van der Waals surface area contributed by atoms with E-state index < -0.39 is 11.6 Å². The van der Waals surface area contributed by atoms with Crippen LogP contribution in [-0.4, -0.2) is 0 Å². The number of hydrogen-bond donors (Lipinski definition) is 2. The van der Waals surface area contributed by atoms with Gasteiger partial charge in [0.25, 0.3) is 0 Å². The van der Waals surface area contributed by atoms with Gasteiger partial charge in [0.15, 0.2) is 0 Å². The summed E-state index contributed by atoms with van der Waals surface area (Å²) >= 11 is 0. The van der Waals surface area contributed by atoms with Crippen LogP contribution in [0.25, 0.3) is 0 Å². The Kier molecular flexibility index (Phi) is 3.31. The lowest BCUT2D eigenvalue weighted by molar-refractivity contribution is 0.247. The first kappa shape index (κ1) is 13.0. The monoisotopic (exact) mass is 266 g/mol. The van der Waals surface area contributed by atoms with Crippen molar-refractivity contribution in [3.63, 3.8) is 0 Å². The summed E-state index contributed by atoms with van der Waals surface area (Å²) in [6.45, 7) is 1.66. The molecule has 4 unspecified atom stereocenters. The first-order valence-electron chi connectivity index (χ1n) is 7.01. The molecule has 3 N–H and O–H groups in total. The van der Waals surface area contributed by atoms with Gasteiger partial charge in [0.1, 0.15) is 11.6 Å². The Morgan fingerprint density at radius 2 is 2.00 bits per heavy atom. The molecule has 1 aromatic rings. The van der Waals surface area contributed by atoms with Crippen LogP contribution in [0.4, 0.5) is 8.78 Å². The molecule has 104 valence electrons. The van der Waals surface area contributed by atoms with Crippen LogP contribution in [0.1, 0.15) is 42.9 Å². The van der Waals surface area contributed by atoms with Crippen molar-refractivity contribution in [2.24, 2.45) is 23.6 Å². The van der Waals surface area contributed by atoms with Crippen LogP contribution in [0.2, 0.25) is 0 Å². The van der Waals surface area contributed by atoms with Crippen LogP contribution in [0.5, 0.6) is 0 Å². The second-order valence-corrected chi connectivity index (χ2v) is 6.11. The summed E-state index contributed by atoms with van der Waals surface area (Å²) in [5, 5.41) is 0. The first-order valence-corrected chi connectivity index (χ1v) is 7.01. The van der Waals surface area contributed by atoms with Gasteiger partial charge < -0.3 is 0 Å². The van der Waals surface area contributed by atoms with Crippen molar-refractivity contribution in [1.82, 2.24) is 5.43 Å². The predicted octanol–water partition coefficient (Wildman–Crippen LogP) is 3.21. The Labute approximate surface area is 112 Å². The average molecular weight is 266 g/mol. The third-order valence-corrected chi connectivity index (χ3v) is 5.01. The van der Waals surface area contributed by atoms with E-state index in [4.69, 9.17) is 5.84 Å². The lowest BCUT2D eigenvalue weighted by Crippen LogP contribution is -2.36. The lowest BCUT2D eigenvalue weighted by Gasteiger charge is -2.30. The number of aryl methyl sites for hydroxylation is 1. The molecule has 2 saturated carbocycles. The molecule has 0 aromatic heterocycles. The number of halogens is 2. The van der Waals surface area contributed by atoms with E-state index >= 15 is 0 Å². The summed E-state index contributed by atoms with van der Waals surface area (Å²) < 4.78 is 27.4. The number of nitrogens with one attached hydrogen (secondary N) is 1. The van der Waals surface area contributed by atoms with Crippen molar-refractivity contribution in [3.8, 4) is 0 Å². The molecule has 0 amide bonds. The van der Waals surface area contributed by atoms with Crippen LogP contribution in [0, 0.1) is 36.3 Å². The number of nitrogens with two attached hydrogens (primary N) is 1. The minimum Gasteiger partial charge on any atom is -0.271 e. The molecule has 4 atom stereocenters. The van der Waals surface area contributed by atoms with Crippen LogP contribution < -0.4 is 11.3 Å². The molecule has 3 rings (SSSR count). The van der Waals surface area contributed by atoms with Crippen molar-refractivity contribution >= 4 is 0 Å². The summed E-state index contributed by atoms with van der Waals surface area (Å²) in [6, 6.07) is 2.37. The largest absolute Gasteiger partial charge is 0.271 e. The molecule has 2 bridgehead atoms. The zero-order valence-corrected chi connectivity index (χ0v) is 11.1. The van der Waals surface area contributed by atoms with E-state index in [0.29, 0.717) is 23.0 Å². The maximum absolute atomic E-state index is 14.0. The number of hydrogen-bond acceptors (Lipinski definition) is 2. The Morgan fingerprint density at radius 1 is 1.21 bits per heavy atom. The molecule has 0 heterocycles. The molecule has 2 aliphatic carbocycles. The Balaban J connectivity index is 1.92. The molecule has 2 fully saturated rings. The highest BCUT2D eigenvalue weighted by Gasteiger charge is 2.43. The molecule has 0 spiro atoms. The minimum atomic E-state index is -0.495. The molecule has 0 radical (unpaired) electrons. The van der Waals surface area contributed by atoms with Crippen molar-refractivity contribution in [1.29, 1.82) is 0 Å². The summed E-state index contributed by atoms with van der Waals surface area (Å²) in [4.78, 5) is 0. The standard InChI is InChI=1S/C15H20F2N2/c1-8-4-12(14(17)7-13(8)16)15(19-18)11-6-9-2-3-10(11)5-9/h4,7,9-11,15,19H,2-3,5-6,18H2,1H3. The highest BCUT2D eigenvalue weighted by atomic mass is 19.1. The second-order valence-electron chi connectivity index (χ2n) is 6.11. The van der Waals surface area contributed by atoms with Crippen molar-refractivity contribution < 1.29 is 8.78 Å². The fourth-order valence-corrected chi connectivity index (χ4v) is 4.06. The summed E-state index contributed by atoms with van der Waals surface area (Å²) in [5.74, 6) is 6.46. The molecule has 1 aromatic carbocycles. The highest BCUT2D eigenvalue weighted by Crippen LogP contribution is 2.52. The van der Waals surface area contributed by atoms with Crippen molar-refractivity contribution in [2.75, 3.05) is 0 Å². The molecule has 2 nitrogen and oxygen atoms in total. The van der Waals surface area contributed by atoms with E-state index in [2.05, 4.69) is 5.43 Å². The van der Waals surface area contributed by atoms with Gasteiger partial charge in [-0.3, -0.25) is 11.3 Å². The summed E-state index contributed by atoms with van der Waals surface area (Å²) in [7, 11) is 0. The van der Waals surface area contributed by atoms with E-state index in [9.17, 15) is 8.78 Å². The maximum Gasteiger partial charge on any atom is 0.130 e. The predicted molar refractivity (Wildman–Crippen MR) is 70.1 cm³/mol. The minimum absolute atomic E-state index is 0.199. The molecule has 2 aliphatic rings. The van der Waals surface area contributed by atoms with Gasteiger partial charge in [-0.15, -0.1) is 0 Å². The van der Waals surface area contributed by atoms with Gasteiger partial charge in [0, 0.05) is 11.6 Å². The van der Waals surface area contributed by atoms with Crippen LogP contribution in [0.3, 0.4) is 0 Å². The Morgan fingerprint density at radius 3 is 2.58 bits per heavy atom. The van der Waals surface area contributed by atoms with E-state index in [1.165, 1.54) is 19.3 Å². The Bertz CT molecular complexity index is 489. The third-order valence-electron chi connectivity index (χ3n) is 5.01. The molecular weight excluding hydrogens is 246 g/mol. The van der Waals surface area contributed by atoms with E-state index in [0.717, 1.165) is 18.4 Å². The highest BCUT2D eigenvalue weighted by molar-refractivity contribution is 5.29. The zero-order valence-electron chi connectivity index (χ0n) is 11.1. The molecular formula is C15H20F2N2. The summed E-state index contributed by atoms with van der Waals surface area (Å²) in [5.41, 5.74) is 3.76. The third kappa shape index (κ3) is 2.17. The molecule has 19 heavy (non-hydrogen) atoms. The topological polar surface area (TPSA) is 38.0 Å². The molecule has 0 aliphatic heterocycles. The van der Waals surface area contributed by atoms with E-state index in [-0.39, 0.29) is 6.04 Å². The average Bonchev–Trinajstić information content (AvgIpc) is 2.99. The summed E-state index contributed by atoms with van der Waals surface area (Å²) in [6.07, 6.45) is 4.86.